The van der Waals surface area contributed by atoms with Crippen LogP contribution in [-0.2, 0) is 11.2 Å². The molecule has 0 unspecified atom stereocenters. The number of nitrogens with zero attached hydrogens (tertiary/aromatic N) is 1. The van der Waals surface area contributed by atoms with Gasteiger partial charge in [-0.15, -0.1) is 0 Å². The van der Waals surface area contributed by atoms with Crippen molar-refractivity contribution >= 4 is 33.6 Å². The van der Waals surface area contributed by atoms with Crippen molar-refractivity contribution in [3.8, 4) is 0 Å². The van der Waals surface area contributed by atoms with E-state index in [1.54, 1.807) is 6.07 Å². The minimum absolute atomic E-state index is 0.334. The summed E-state index contributed by atoms with van der Waals surface area (Å²) in [6.45, 7) is 3.16. The number of amides is 2. The second-order valence-electron chi connectivity index (χ2n) is 5.71. The molecule has 0 saturated heterocycles. The van der Waals surface area contributed by atoms with Crippen LogP contribution in [-0.4, -0.2) is 31.7 Å². The van der Waals surface area contributed by atoms with Crippen molar-refractivity contribution in [2.45, 2.75) is 13.3 Å². The Labute approximate surface area is 162 Å². The summed E-state index contributed by atoms with van der Waals surface area (Å²) in [5, 5.41) is 10.5. The zero-order valence-corrected chi connectivity index (χ0v) is 16.3. The van der Waals surface area contributed by atoms with Crippen LogP contribution in [0.1, 0.15) is 11.1 Å². The zero-order valence-electron chi connectivity index (χ0n) is 14.7. The number of benzene rings is 2. The number of aryl methyl sites for hydroxylation is 1. The molecule has 138 valence electrons. The van der Waals surface area contributed by atoms with Crippen molar-refractivity contribution in [3.63, 3.8) is 0 Å². The lowest BCUT2D eigenvalue weighted by molar-refractivity contribution is 0.140. The Morgan fingerprint density at radius 1 is 1.19 bits per heavy atom. The van der Waals surface area contributed by atoms with Crippen LogP contribution in [0.4, 0.5) is 10.5 Å². The van der Waals surface area contributed by atoms with E-state index >= 15 is 0 Å². The van der Waals surface area contributed by atoms with Crippen LogP contribution in [0.15, 0.2) is 53.0 Å². The van der Waals surface area contributed by atoms with Gasteiger partial charge in [-0.05, 0) is 46.5 Å². The minimum Gasteiger partial charge on any atom is -0.379 e. The lowest BCUT2D eigenvalue weighted by Gasteiger charge is -2.24. The summed E-state index contributed by atoms with van der Waals surface area (Å²) in [7, 11) is 0. The molecule has 2 aromatic carbocycles. The van der Waals surface area contributed by atoms with Gasteiger partial charge in [-0.25, -0.2) is 9.69 Å². The summed E-state index contributed by atoms with van der Waals surface area (Å²) in [6, 6.07) is 15.1. The number of rotatable bonds is 7. The molecular formula is C19H23BrN4O2. The highest BCUT2D eigenvalue weighted by Gasteiger charge is 2.22. The van der Waals surface area contributed by atoms with Crippen molar-refractivity contribution in [3.05, 3.63) is 64.1 Å². The molecule has 0 fully saturated rings. The fraction of sp³-hybridized carbons (Fsp3) is 0.263. The van der Waals surface area contributed by atoms with Crippen molar-refractivity contribution in [2.24, 2.45) is 5.73 Å². The monoisotopic (exact) mass is 418 g/mol. The number of nitrogens with one attached hydrogen (secondary N) is 2. The van der Waals surface area contributed by atoms with Crippen molar-refractivity contribution in [1.82, 2.24) is 5.32 Å². The molecule has 0 aromatic heterocycles. The van der Waals surface area contributed by atoms with Crippen molar-refractivity contribution in [2.75, 3.05) is 24.7 Å². The average Bonchev–Trinajstić information content (AvgIpc) is 2.61. The third kappa shape index (κ3) is 5.57. The molecule has 2 amide bonds. The lowest BCUT2D eigenvalue weighted by atomic mass is 10.2. The average molecular weight is 419 g/mol. The van der Waals surface area contributed by atoms with Gasteiger partial charge in [0.25, 0.3) is 0 Å². The molecule has 0 heterocycles. The van der Waals surface area contributed by atoms with Gasteiger partial charge in [0.05, 0.1) is 18.9 Å². The van der Waals surface area contributed by atoms with E-state index in [2.05, 4.69) is 33.4 Å². The standard InChI is InChI=1S/C19H23BrN4O2/c1-14-6-5-9-16(20)17(14)24(18(21)22)19(25)23-11-13-26-12-10-15-7-3-2-4-8-15/h2-9H,10-13H2,1H3,(H3,21,22)(H,23,25). The molecule has 0 aliphatic carbocycles. The van der Waals surface area contributed by atoms with E-state index in [4.69, 9.17) is 15.9 Å². The molecule has 6 nitrogen and oxygen atoms in total. The Hall–Kier alpha value is -2.38. The molecule has 0 aliphatic rings. The Morgan fingerprint density at radius 2 is 1.92 bits per heavy atom. The number of hydrogen-bond donors (Lipinski definition) is 3. The lowest BCUT2D eigenvalue weighted by Crippen LogP contribution is -2.48. The number of nitrogens with two attached hydrogens (primary N) is 1. The Kier molecular flexibility index (Phi) is 7.62. The number of ether oxygens (including phenoxy) is 1. The van der Waals surface area contributed by atoms with Gasteiger partial charge in [-0.1, -0.05) is 42.5 Å². The van der Waals surface area contributed by atoms with Gasteiger partial charge in [-0.3, -0.25) is 5.41 Å². The summed E-state index contributed by atoms with van der Waals surface area (Å²) in [5.74, 6) is -0.345. The van der Waals surface area contributed by atoms with E-state index in [0.29, 0.717) is 29.9 Å². The number of halogens is 1. The molecule has 0 radical (unpaired) electrons. The van der Waals surface area contributed by atoms with Gasteiger partial charge in [0.1, 0.15) is 0 Å². The van der Waals surface area contributed by atoms with Crippen LogP contribution in [0.25, 0.3) is 0 Å². The number of carbonyl (C=O) groups is 1. The topological polar surface area (TPSA) is 91.4 Å². The number of urea groups is 1. The summed E-state index contributed by atoms with van der Waals surface area (Å²) in [4.78, 5) is 13.6. The van der Waals surface area contributed by atoms with E-state index in [1.807, 2.05) is 37.3 Å². The van der Waals surface area contributed by atoms with Gasteiger partial charge < -0.3 is 15.8 Å². The molecule has 0 spiro atoms. The van der Waals surface area contributed by atoms with Crippen LogP contribution in [0.2, 0.25) is 0 Å². The van der Waals surface area contributed by atoms with Gasteiger partial charge in [0.2, 0.25) is 5.96 Å². The third-order valence-corrected chi connectivity index (χ3v) is 4.40. The highest BCUT2D eigenvalue weighted by Crippen LogP contribution is 2.29. The quantitative estimate of drug-likeness (QED) is 0.365. The second-order valence-corrected chi connectivity index (χ2v) is 6.56. The van der Waals surface area contributed by atoms with Crippen LogP contribution in [0.3, 0.4) is 0 Å². The number of guanidine groups is 1. The van der Waals surface area contributed by atoms with Crippen LogP contribution in [0, 0.1) is 12.3 Å². The van der Waals surface area contributed by atoms with E-state index in [-0.39, 0.29) is 5.96 Å². The first-order chi connectivity index (χ1) is 12.5. The van der Waals surface area contributed by atoms with E-state index in [9.17, 15) is 4.79 Å². The van der Waals surface area contributed by atoms with E-state index in [0.717, 1.165) is 16.9 Å². The van der Waals surface area contributed by atoms with Gasteiger partial charge in [-0.2, -0.15) is 0 Å². The maximum atomic E-state index is 12.5. The maximum absolute atomic E-state index is 12.5. The van der Waals surface area contributed by atoms with E-state index < -0.39 is 6.03 Å². The van der Waals surface area contributed by atoms with Crippen LogP contribution < -0.4 is 16.0 Å². The van der Waals surface area contributed by atoms with Gasteiger partial charge in [0.15, 0.2) is 0 Å². The maximum Gasteiger partial charge on any atom is 0.328 e. The third-order valence-electron chi connectivity index (χ3n) is 3.76. The Bertz CT molecular complexity index is 732. The first-order valence-corrected chi connectivity index (χ1v) is 9.08. The molecule has 4 N–H and O–H groups in total. The normalized spacial score (nSPS) is 10.4. The summed E-state index contributed by atoms with van der Waals surface area (Å²) in [5.41, 5.74) is 8.23. The second kappa shape index (κ2) is 9.94. The SMILES string of the molecule is Cc1cccc(Br)c1N(C(=N)N)C(=O)NCCOCCc1ccccc1. The molecule has 26 heavy (non-hydrogen) atoms. The molecule has 0 bridgehead atoms. The molecular weight excluding hydrogens is 396 g/mol. The Morgan fingerprint density at radius 3 is 2.58 bits per heavy atom. The Balaban J connectivity index is 1.82. The van der Waals surface area contributed by atoms with Gasteiger partial charge >= 0.3 is 6.03 Å². The highest BCUT2D eigenvalue weighted by molar-refractivity contribution is 9.10. The van der Waals surface area contributed by atoms with E-state index in [1.165, 1.54) is 5.56 Å². The van der Waals surface area contributed by atoms with Crippen molar-refractivity contribution in [1.29, 1.82) is 5.41 Å². The minimum atomic E-state index is -0.459. The van der Waals surface area contributed by atoms with Crippen LogP contribution in [0.5, 0.6) is 0 Å². The van der Waals surface area contributed by atoms with Gasteiger partial charge in [0, 0.05) is 11.0 Å². The molecule has 2 aromatic rings. The molecule has 0 atom stereocenters. The van der Waals surface area contributed by atoms with Crippen molar-refractivity contribution < 1.29 is 9.53 Å². The first-order valence-electron chi connectivity index (χ1n) is 8.29. The molecule has 0 saturated carbocycles. The predicted molar refractivity (Wildman–Crippen MR) is 108 cm³/mol. The number of carbonyl (C=O) groups excluding carboxylic acids is 1. The predicted octanol–water partition coefficient (Wildman–Crippen LogP) is 3.43. The largest absolute Gasteiger partial charge is 0.379 e. The fourth-order valence-corrected chi connectivity index (χ4v) is 3.13. The summed E-state index contributed by atoms with van der Waals surface area (Å²) in [6.07, 6.45) is 0.824. The fourth-order valence-electron chi connectivity index (χ4n) is 2.48. The number of anilines is 1. The highest BCUT2D eigenvalue weighted by atomic mass is 79.9. The number of hydrogen-bond acceptors (Lipinski definition) is 3. The molecule has 2 rings (SSSR count). The molecule has 0 aliphatic heterocycles. The summed E-state index contributed by atoms with van der Waals surface area (Å²) < 4.78 is 6.25. The zero-order chi connectivity index (χ0) is 18.9. The first kappa shape index (κ1) is 19.9. The summed E-state index contributed by atoms with van der Waals surface area (Å²) >= 11 is 3.41. The molecule has 7 heteroatoms. The number of para-hydroxylation sites is 1. The van der Waals surface area contributed by atoms with Crippen LogP contribution >= 0.6 is 15.9 Å². The smallest absolute Gasteiger partial charge is 0.328 e.